The molecule has 8 aromatic rings. The van der Waals surface area contributed by atoms with Gasteiger partial charge >= 0.3 is 0 Å². The summed E-state index contributed by atoms with van der Waals surface area (Å²) < 4.78 is 4.61. The van der Waals surface area contributed by atoms with Crippen LogP contribution in [0.4, 0.5) is 0 Å². The van der Waals surface area contributed by atoms with Gasteiger partial charge in [-0.05, 0) is 72.1 Å². The Morgan fingerprint density at radius 1 is 0.512 bits per heavy atom. The molecule has 0 N–H and O–H groups in total. The highest BCUT2D eigenvalue weighted by Gasteiger charge is 2.17. The molecule has 0 aliphatic rings. The van der Waals surface area contributed by atoms with E-state index in [-0.39, 0.29) is 0 Å². The summed E-state index contributed by atoms with van der Waals surface area (Å²) in [6.07, 6.45) is 0. The van der Waals surface area contributed by atoms with Gasteiger partial charge in [-0.3, -0.25) is 0 Å². The number of hydrogen-bond donors (Lipinski definition) is 0. The lowest BCUT2D eigenvalue weighted by molar-refractivity contribution is 1.15. The minimum Gasteiger partial charge on any atom is -0.309 e. The highest BCUT2D eigenvalue weighted by Crippen LogP contribution is 2.38. The highest BCUT2D eigenvalue weighted by molar-refractivity contribution is 6.11. The van der Waals surface area contributed by atoms with Crippen molar-refractivity contribution in [3.05, 3.63) is 145 Å². The van der Waals surface area contributed by atoms with Gasteiger partial charge in [0.25, 0.3) is 0 Å². The fourth-order valence-electron chi connectivity index (χ4n) is 6.43. The minimum absolute atomic E-state index is 0.659. The van der Waals surface area contributed by atoms with Crippen molar-refractivity contribution in [1.82, 2.24) is 9.13 Å². The van der Waals surface area contributed by atoms with Gasteiger partial charge in [-0.1, -0.05) is 84.9 Å². The van der Waals surface area contributed by atoms with Crippen molar-refractivity contribution in [1.29, 1.82) is 5.26 Å². The standard InChI is InChI=1S/C38H25N3/c1-25-10-2-6-14-34(25)41-37-17-9-5-13-32(37)33-23-26(18-21-38(33)41)29-20-19-28(22-27(29)24-39)40-35-15-7-3-11-30(35)31-12-4-8-16-36(31)40/h2-23H,1H3. The van der Waals surface area contributed by atoms with Crippen LogP contribution in [0.3, 0.4) is 0 Å². The summed E-state index contributed by atoms with van der Waals surface area (Å²) in [6, 6.07) is 49.3. The van der Waals surface area contributed by atoms with Gasteiger partial charge in [0.2, 0.25) is 0 Å². The van der Waals surface area contributed by atoms with Crippen LogP contribution < -0.4 is 0 Å². The first-order valence-corrected chi connectivity index (χ1v) is 13.9. The second-order valence-electron chi connectivity index (χ2n) is 10.6. The topological polar surface area (TPSA) is 33.6 Å². The van der Waals surface area contributed by atoms with Crippen LogP contribution in [0.5, 0.6) is 0 Å². The van der Waals surface area contributed by atoms with Crippen LogP contribution in [-0.2, 0) is 0 Å². The number of fused-ring (bicyclic) bond motifs is 6. The van der Waals surface area contributed by atoms with E-state index in [4.69, 9.17) is 0 Å². The Morgan fingerprint density at radius 2 is 1.07 bits per heavy atom. The lowest BCUT2D eigenvalue weighted by Gasteiger charge is -2.12. The normalized spacial score (nSPS) is 11.5. The van der Waals surface area contributed by atoms with E-state index < -0.39 is 0 Å². The zero-order valence-electron chi connectivity index (χ0n) is 22.5. The number of aryl methyl sites for hydroxylation is 1. The molecule has 0 aliphatic heterocycles. The Morgan fingerprint density at radius 3 is 1.73 bits per heavy atom. The van der Waals surface area contributed by atoms with Crippen molar-refractivity contribution in [2.75, 3.05) is 0 Å². The molecule has 2 heterocycles. The van der Waals surface area contributed by atoms with Crippen LogP contribution in [0, 0.1) is 18.3 Å². The fraction of sp³-hybridized carbons (Fsp3) is 0.0263. The third kappa shape index (κ3) is 3.45. The molecule has 0 saturated heterocycles. The Bertz CT molecular complexity index is 2290. The van der Waals surface area contributed by atoms with Crippen LogP contribution in [0.2, 0.25) is 0 Å². The Balaban J connectivity index is 1.33. The SMILES string of the molecule is Cc1ccccc1-n1c2ccccc2c2cc(-c3ccc(-n4c5ccccc5c5ccccc54)cc3C#N)ccc21. The molecule has 0 radical (unpaired) electrons. The third-order valence-electron chi connectivity index (χ3n) is 8.30. The summed E-state index contributed by atoms with van der Waals surface area (Å²) in [5, 5.41) is 15.1. The predicted molar refractivity (Wildman–Crippen MR) is 170 cm³/mol. The average molecular weight is 524 g/mol. The van der Waals surface area contributed by atoms with Gasteiger partial charge in [0.1, 0.15) is 0 Å². The van der Waals surface area contributed by atoms with E-state index in [2.05, 4.69) is 150 Å². The molecule has 0 unspecified atom stereocenters. The molecule has 6 aromatic carbocycles. The zero-order chi connectivity index (χ0) is 27.5. The van der Waals surface area contributed by atoms with Crippen molar-refractivity contribution in [3.8, 4) is 28.6 Å². The van der Waals surface area contributed by atoms with Gasteiger partial charge in [-0.2, -0.15) is 5.26 Å². The minimum atomic E-state index is 0.659. The molecule has 41 heavy (non-hydrogen) atoms. The number of nitriles is 1. The Labute approximate surface area is 237 Å². The van der Waals surface area contributed by atoms with Crippen molar-refractivity contribution >= 4 is 43.6 Å². The van der Waals surface area contributed by atoms with E-state index in [1.165, 1.54) is 38.3 Å². The molecule has 3 nitrogen and oxygen atoms in total. The predicted octanol–water partition coefficient (Wildman–Crippen LogP) is 9.73. The maximum atomic E-state index is 10.3. The van der Waals surface area contributed by atoms with E-state index in [1.54, 1.807) is 0 Å². The van der Waals surface area contributed by atoms with E-state index in [0.29, 0.717) is 5.56 Å². The first-order chi connectivity index (χ1) is 20.2. The van der Waals surface area contributed by atoms with E-state index in [0.717, 1.165) is 33.4 Å². The first kappa shape index (κ1) is 23.3. The molecule has 0 amide bonds. The summed E-state index contributed by atoms with van der Waals surface area (Å²) in [4.78, 5) is 0. The van der Waals surface area contributed by atoms with Crippen LogP contribution in [0.1, 0.15) is 11.1 Å². The van der Waals surface area contributed by atoms with E-state index in [1.807, 2.05) is 6.07 Å². The number of nitrogens with zero attached hydrogens (tertiary/aromatic N) is 3. The van der Waals surface area contributed by atoms with Crippen LogP contribution >= 0.6 is 0 Å². The summed E-state index contributed by atoms with van der Waals surface area (Å²) in [5.74, 6) is 0. The van der Waals surface area contributed by atoms with Crippen LogP contribution in [-0.4, -0.2) is 9.13 Å². The third-order valence-corrected chi connectivity index (χ3v) is 8.30. The van der Waals surface area contributed by atoms with E-state index >= 15 is 0 Å². The zero-order valence-corrected chi connectivity index (χ0v) is 22.5. The van der Waals surface area contributed by atoms with Crippen molar-refractivity contribution in [3.63, 3.8) is 0 Å². The van der Waals surface area contributed by atoms with Crippen LogP contribution in [0.15, 0.2) is 133 Å². The number of rotatable bonds is 3. The molecular weight excluding hydrogens is 498 g/mol. The Hall–Kier alpha value is -5.59. The average Bonchev–Trinajstić information content (AvgIpc) is 3.54. The quantitative estimate of drug-likeness (QED) is 0.227. The molecule has 0 bridgehead atoms. The lowest BCUT2D eigenvalue weighted by Crippen LogP contribution is -1.97. The molecule has 0 atom stereocenters. The number of hydrogen-bond acceptors (Lipinski definition) is 1. The molecule has 0 aliphatic carbocycles. The van der Waals surface area contributed by atoms with Gasteiger partial charge in [0.15, 0.2) is 0 Å². The summed E-state index contributed by atoms with van der Waals surface area (Å²) in [7, 11) is 0. The first-order valence-electron chi connectivity index (χ1n) is 13.9. The number of benzene rings is 6. The van der Waals surface area contributed by atoms with Gasteiger partial charge < -0.3 is 9.13 Å². The fourth-order valence-corrected chi connectivity index (χ4v) is 6.43. The largest absolute Gasteiger partial charge is 0.309 e. The van der Waals surface area contributed by atoms with E-state index in [9.17, 15) is 5.26 Å². The molecule has 192 valence electrons. The summed E-state index contributed by atoms with van der Waals surface area (Å²) >= 11 is 0. The van der Waals surface area contributed by atoms with Crippen LogP contribution in [0.25, 0.3) is 66.1 Å². The van der Waals surface area contributed by atoms with Crippen molar-refractivity contribution in [2.45, 2.75) is 6.92 Å². The van der Waals surface area contributed by atoms with Gasteiger partial charge in [-0.25, -0.2) is 0 Å². The van der Waals surface area contributed by atoms with Gasteiger partial charge in [0, 0.05) is 32.9 Å². The van der Waals surface area contributed by atoms with Crippen molar-refractivity contribution in [2.24, 2.45) is 0 Å². The molecule has 8 rings (SSSR count). The molecule has 0 saturated carbocycles. The number of para-hydroxylation sites is 4. The lowest BCUT2D eigenvalue weighted by atomic mass is 9.98. The second-order valence-corrected chi connectivity index (χ2v) is 10.6. The maximum Gasteiger partial charge on any atom is 0.0998 e. The van der Waals surface area contributed by atoms with Crippen molar-refractivity contribution < 1.29 is 0 Å². The Kier molecular flexibility index (Phi) is 5.10. The maximum absolute atomic E-state index is 10.3. The molecular formula is C38H25N3. The molecule has 0 spiro atoms. The summed E-state index contributed by atoms with van der Waals surface area (Å²) in [6.45, 7) is 2.15. The smallest absolute Gasteiger partial charge is 0.0998 e. The second kappa shape index (κ2) is 8.98. The van der Waals surface area contributed by atoms with Gasteiger partial charge in [0.05, 0.1) is 33.7 Å². The molecule has 2 aromatic heterocycles. The molecule has 3 heteroatoms. The molecule has 0 fully saturated rings. The monoisotopic (exact) mass is 523 g/mol. The highest BCUT2D eigenvalue weighted by atomic mass is 15.0. The van der Waals surface area contributed by atoms with Gasteiger partial charge in [-0.15, -0.1) is 0 Å². The number of aromatic nitrogens is 2. The summed E-state index contributed by atoms with van der Waals surface area (Å²) in [5.41, 5.74) is 10.6.